The molecule has 0 radical (unpaired) electrons. The average Bonchev–Trinajstić information content (AvgIpc) is 2.46. The van der Waals surface area contributed by atoms with Crippen LogP contribution in [-0.2, 0) is 11.2 Å². The first kappa shape index (κ1) is 15.6. The number of carbonyl (C=O) groups excluding carboxylic acids is 1. The first-order valence-electron chi connectivity index (χ1n) is 6.97. The van der Waals surface area contributed by atoms with Crippen LogP contribution in [0.15, 0.2) is 53.0 Å². The maximum atomic E-state index is 12.2. The molecular weight excluding hydrogens is 328 g/mol. The van der Waals surface area contributed by atoms with Gasteiger partial charge in [-0.3, -0.25) is 4.79 Å². The number of halogens is 1. The number of benzene rings is 2. The fourth-order valence-electron chi connectivity index (χ4n) is 2.25. The van der Waals surface area contributed by atoms with Gasteiger partial charge in [0.1, 0.15) is 0 Å². The van der Waals surface area contributed by atoms with Crippen LogP contribution in [0.1, 0.15) is 30.5 Å². The van der Waals surface area contributed by atoms with E-state index in [0.717, 1.165) is 22.0 Å². The van der Waals surface area contributed by atoms with Gasteiger partial charge in [0, 0.05) is 10.2 Å². The van der Waals surface area contributed by atoms with Gasteiger partial charge >= 0.3 is 0 Å². The molecule has 1 unspecified atom stereocenters. The molecule has 0 aliphatic heterocycles. The van der Waals surface area contributed by atoms with E-state index in [1.54, 1.807) is 0 Å². The molecule has 4 heteroatoms. The van der Waals surface area contributed by atoms with Crippen LogP contribution in [0.5, 0.6) is 0 Å². The largest absolute Gasteiger partial charge is 0.399 e. The number of nitrogens with two attached hydrogens (primary N) is 1. The van der Waals surface area contributed by atoms with Crippen LogP contribution in [0.2, 0.25) is 0 Å². The maximum Gasteiger partial charge on any atom is 0.224 e. The van der Waals surface area contributed by atoms with Crippen molar-refractivity contribution >= 4 is 27.5 Å². The van der Waals surface area contributed by atoms with Gasteiger partial charge in [-0.25, -0.2) is 0 Å². The SMILES string of the molecule is CCC(NC(=O)Cc1cccc(N)c1)c1ccc(Br)cc1. The van der Waals surface area contributed by atoms with Crippen molar-refractivity contribution in [1.29, 1.82) is 0 Å². The van der Waals surface area contributed by atoms with Gasteiger partial charge in [-0.2, -0.15) is 0 Å². The van der Waals surface area contributed by atoms with Gasteiger partial charge in [0.25, 0.3) is 0 Å². The van der Waals surface area contributed by atoms with Crippen LogP contribution in [0.4, 0.5) is 5.69 Å². The summed E-state index contributed by atoms with van der Waals surface area (Å²) in [4.78, 5) is 12.2. The Labute approximate surface area is 133 Å². The van der Waals surface area contributed by atoms with E-state index in [1.165, 1.54) is 0 Å². The lowest BCUT2D eigenvalue weighted by atomic mass is 10.0. The molecule has 0 aliphatic rings. The Morgan fingerprint density at radius 1 is 1.24 bits per heavy atom. The monoisotopic (exact) mass is 346 g/mol. The molecule has 0 aromatic heterocycles. The van der Waals surface area contributed by atoms with Crippen molar-refractivity contribution in [2.24, 2.45) is 0 Å². The van der Waals surface area contributed by atoms with Gasteiger partial charge in [-0.1, -0.05) is 47.1 Å². The normalized spacial score (nSPS) is 11.9. The predicted octanol–water partition coefficient (Wildman–Crippen LogP) is 3.84. The molecule has 21 heavy (non-hydrogen) atoms. The summed E-state index contributed by atoms with van der Waals surface area (Å²) < 4.78 is 1.03. The molecule has 1 amide bonds. The number of rotatable bonds is 5. The zero-order chi connectivity index (χ0) is 15.2. The fourth-order valence-corrected chi connectivity index (χ4v) is 2.51. The van der Waals surface area contributed by atoms with E-state index >= 15 is 0 Å². The molecule has 2 aromatic carbocycles. The van der Waals surface area contributed by atoms with E-state index in [2.05, 4.69) is 28.2 Å². The highest BCUT2D eigenvalue weighted by Crippen LogP contribution is 2.19. The molecule has 1 atom stereocenters. The molecule has 3 nitrogen and oxygen atoms in total. The van der Waals surface area contributed by atoms with Gasteiger partial charge in [0.15, 0.2) is 0 Å². The van der Waals surface area contributed by atoms with E-state index < -0.39 is 0 Å². The summed E-state index contributed by atoms with van der Waals surface area (Å²) in [5.41, 5.74) is 8.45. The quantitative estimate of drug-likeness (QED) is 0.808. The second-order valence-corrected chi connectivity index (χ2v) is 5.92. The molecule has 0 aliphatic carbocycles. The highest BCUT2D eigenvalue weighted by atomic mass is 79.9. The number of nitrogen functional groups attached to an aromatic ring is 1. The van der Waals surface area contributed by atoms with Gasteiger partial charge < -0.3 is 11.1 Å². The summed E-state index contributed by atoms with van der Waals surface area (Å²) in [5.74, 6) is 0.00960. The molecule has 110 valence electrons. The highest BCUT2D eigenvalue weighted by molar-refractivity contribution is 9.10. The minimum absolute atomic E-state index is 0.00960. The molecule has 2 rings (SSSR count). The molecule has 0 saturated carbocycles. The van der Waals surface area contributed by atoms with E-state index in [4.69, 9.17) is 5.73 Å². The fraction of sp³-hybridized carbons (Fsp3) is 0.235. The highest BCUT2D eigenvalue weighted by Gasteiger charge is 2.13. The van der Waals surface area contributed by atoms with E-state index in [9.17, 15) is 4.79 Å². The lowest BCUT2D eigenvalue weighted by molar-refractivity contribution is -0.121. The van der Waals surface area contributed by atoms with Gasteiger partial charge in [0.2, 0.25) is 5.91 Å². The number of nitrogens with one attached hydrogen (secondary N) is 1. The number of anilines is 1. The van der Waals surface area contributed by atoms with Crippen molar-refractivity contribution < 1.29 is 4.79 Å². The summed E-state index contributed by atoms with van der Waals surface area (Å²) in [7, 11) is 0. The molecule has 2 aromatic rings. The average molecular weight is 347 g/mol. The van der Waals surface area contributed by atoms with Crippen molar-refractivity contribution in [2.45, 2.75) is 25.8 Å². The van der Waals surface area contributed by atoms with Crippen molar-refractivity contribution in [2.75, 3.05) is 5.73 Å². The first-order chi connectivity index (χ1) is 10.1. The zero-order valence-electron chi connectivity index (χ0n) is 12.0. The summed E-state index contributed by atoms with van der Waals surface area (Å²) in [6.07, 6.45) is 1.20. The summed E-state index contributed by atoms with van der Waals surface area (Å²) in [5, 5.41) is 3.08. The van der Waals surface area contributed by atoms with Gasteiger partial charge in [0.05, 0.1) is 12.5 Å². The smallest absolute Gasteiger partial charge is 0.224 e. The van der Waals surface area contributed by atoms with Gasteiger partial charge in [-0.15, -0.1) is 0 Å². The molecule has 0 fully saturated rings. The number of hydrogen-bond donors (Lipinski definition) is 2. The van der Waals surface area contributed by atoms with Crippen LogP contribution >= 0.6 is 15.9 Å². The topological polar surface area (TPSA) is 55.1 Å². The summed E-state index contributed by atoms with van der Waals surface area (Å²) >= 11 is 3.42. The number of amides is 1. The maximum absolute atomic E-state index is 12.2. The molecule has 0 spiro atoms. The standard InChI is InChI=1S/C17H19BrN2O/c1-2-16(13-6-8-14(18)9-7-13)20-17(21)11-12-4-3-5-15(19)10-12/h3-10,16H,2,11,19H2,1H3,(H,20,21). The van der Waals surface area contributed by atoms with Crippen LogP contribution in [0.25, 0.3) is 0 Å². The summed E-state index contributed by atoms with van der Waals surface area (Å²) in [6, 6.07) is 15.5. The first-order valence-corrected chi connectivity index (χ1v) is 7.77. The Hall–Kier alpha value is -1.81. The van der Waals surface area contributed by atoms with Crippen LogP contribution in [0.3, 0.4) is 0 Å². The summed E-state index contributed by atoms with van der Waals surface area (Å²) in [6.45, 7) is 2.06. The third-order valence-electron chi connectivity index (χ3n) is 3.33. The number of carbonyl (C=O) groups is 1. The second-order valence-electron chi connectivity index (χ2n) is 5.00. The third-order valence-corrected chi connectivity index (χ3v) is 3.86. The van der Waals surface area contributed by atoms with Crippen LogP contribution in [0, 0.1) is 0 Å². The number of hydrogen-bond acceptors (Lipinski definition) is 2. The van der Waals surface area contributed by atoms with E-state index in [0.29, 0.717) is 12.1 Å². The van der Waals surface area contributed by atoms with Crippen molar-refractivity contribution in [3.8, 4) is 0 Å². The molecule has 0 bridgehead atoms. The molecule has 0 saturated heterocycles. The third kappa shape index (κ3) is 4.60. The van der Waals surface area contributed by atoms with Crippen LogP contribution in [-0.4, -0.2) is 5.91 Å². The van der Waals surface area contributed by atoms with E-state index in [1.807, 2.05) is 48.5 Å². The minimum Gasteiger partial charge on any atom is -0.399 e. The molecular formula is C17H19BrN2O. The van der Waals surface area contributed by atoms with Crippen molar-refractivity contribution in [3.05, 3.63) is 64.1 Å². The molecule has 0 heterocycles. The second kappa shape index (κ2) is 7.27. The van der Waals surface area contributed by atoms with Crippen molar-refractivity contribution in [1.82, 2.24) is 5.32 Å². The predicted molar refractivity (Wildman–Crippen MR) is 89.9 cm³/mol. The Kier molecular flexibility index (Phi) is 5.39. The molecule has 3 N–H and O–H groups in total. The van der Waals surface area contributed by atoms with Crippen LogP contribution < -0.4 is 11.1 Å². The minimum atomic E-state index is 0.00960. The zero-order valence-corrected chi connectivity index (χ0v) is 13.6. The van der Waals surface area contributed by atoms with Crippen molar-refractivity contribution in [3.63, 3.8) is 0 Å². The Balaban J connectivity index is 2.01. The lowest BCUT2D eigenvalue weighted by Gasteiger charge is -2.17. The van der Waals surface area contributed by atoms with E-state index in [-0.39, 0.29) is 11.9 Å². The Bertz CT molecular complexity index is 610. The van der Waals surface area contributed by atoms with Gasteiger partial charge in [-0.05, 0) is 41.8 Å². The lowest BCUT2D eigenvalue weighted by Crippen LogP contribution is -2.29. The Morgan fingerprint density at radius 2 is 1.95 bits per heavy atom. The Morgan fingerprint density at radius 3 is 2.57 bits per heavy atom.